The van der Waals surface area contributed by atoms with Gasteiger partial charge in [-0.2, -0.15) is 0 Å². The highest BCUT2D eigenvalue weighted by atomic mass is 79.9. The van der Waals surface area contributed by atoms with Gasteiger partial charge in [-0.05, 0) is 62.8 Å². The lowest BCUT2D eigenvalue weighted by Gasteiger charge is -2.26. The summed E-state index contributed by atoms with van der Waals surface area (Å²) in [4.78, 5) is 28.0. The lowest BCUT2D eigenvalue weighted by atomic mass is 9.85. The number of anilines is 1. The number of aliphatic hydroxyl groups excluding tert-OH is 1. The summed E-state index contributed by atoms with van der Waals surface area (Å²) >= 11 is 3.43. The van der Waals surface area contributed by atoms with Crippen molar-refractivity contribution in [2.75, 3.05) is 12.0 Å². The average molecular weight is 520 g/mol. The number of ether oxygens (including phenoxy) is 1. The number of amides is 1. The minimum Gasteiger partial charge on any atom is -0.507 e. The summed E-state index contributed by atoms with van der Waals surface area (Å²) in [5.74, 6) is -1.04. The first-order valence-electron chi connectivity index (χ1n) is 10.9. The maximum Gasteiger partial charge on any atom is 0.300 e. The molecule has 3 aromatic rings. The van der Waals surface area contributed by atoms with Crippen LogP contribution in [-0.4, -0.2) is 23.9 Å². The first-order chi connectivity index (χ1) is 16.1. The van der Waals surface area contributed by atoms with Crippen molar-refractivity contribution in [2.24, 2.45) is 0 Å². The number of rotatable bonds is 4. The van der Waals surface area contributed by atoms with E-state index in [0.29, 0.717) is 21.5 Å². The second-order valence-electron chi connectivity index (χ2n) is 9.23. The summed E-state index contributed by atoms with van der Waals surface area (Å²) in [6.07, 6.45) is 0. The van der Waals surface area contributed by atoms with E-state index in [-0.39, 0.29) is 16.7 Å². The molecule has 174 valence electrons. The summed E-state index contributed by atoms with van der Waals surface area (Å²) in [7, 11) is 1.55. The Morgan fingerprint density at radius 1 is 0.971 bits per heavy atom. The monoisotopic (exact) mass is 519 g/mol. The molecular formula is C28H26BrNO4. The largest absolute Gasteiger partial charge is 0.507 e. The highest BCUT2D eigenvalue weighted by molar-refractivity contribution is 9.10. The van der Waals surface area contributed by atoms with Crippen molar-refractivity contribution in [3.63, 3.8) is 0 Å². The number of aliphatic hydroxyl groups is 1. The summed E-state index contributed by atoms with van der Waals surface area (Å²) in [6, 6.07) is 21.2. The van der Waals surface area contributed by atoms with Gasteiger partial charge in [-0.15, -0.1) is 0 Å². The van der Waals surface area contributed by atoms with E-state index < -0.39 is 17.7 Å². The van der Waals surface area contributed by atoms with Crippen LogP contribution >= 0.6 is 15.9 Å². The predicted octanol–water partition coefficient (Wildman–Crippen LogP) is 6.38. The quantitative estimate of drug-likeness (QED) is 0.246. The van der Waals surface area contributed by atoms with Crippen molar-refractivity contribution in [1.82, 2.24) is 0 Å². The number of nitrogens with zero attached hydrogens (tertiary/aromatic N) is 1. The molecular weight excluding hydrogens is 494 g/mol. The number of Topliss-reactive ketones (excluding diaryl/α,β-unsaturated/α-hetero) is 1. The Labute approximate surface area is 207 Å². The Kier molecular flexibility index (Phi) is 6.36. The Bertz CT molecular complexity index is 1270. The minimum atomic E-state index is -0.766. The lowest BCUT2D eigenvalue weighted by molar-refractivity contribution is -0.132. The van der Waals surface area contributed by atoms with Crippen LogP contribution in [0.2, 0.25) is 0 Å². The van der Waals surface area contributed by atoms with Gasteiger partial charge in [0.25, 0.3) is 11.7 Å². The third-order valence-corrected chi connectivity index (χ3v) is 6.62. The minimum absolute atomic E-state index is 0.0465. The Hall–Kier alpha value is -3.38. The number of methoxy groups -OCH3 is 1. The molecule has 1 atom stereocenters. The smallest absolute Gasteiger partial charge is 0.300 e. The van der Waals surface area contributed by atoms with Crippen LogP contribution in [0.15, 0.2) is 82.8 Å². The van der Waals surface area contributed by atoms with E-state index >= 15 is 0 Å². The first-order valence-corrected chi connectivity index (χ1v) is 11.7. The maximum atomic E-state index is 13.3. The van der Waals surface area contributed by atoms with E-state index in [2.05, 4.69) is 36.7 Å². The van der Waals surface area contributed by atoms with Gasteiger partial charge in [0.15, 0.2) is 0 Å². The van der Waals surface area contributed by atoms with Gasteiger partial charge in [0.1, 0.15) is 11.5 Å². The summed E-state index contributed by atoms with van der Waals surface area (Å²) in [5.41, 5.74) is 2.88. The molecule has 1 saturated heterocycles. The fraction of sp³-hybridized carbons (Fsp3) is 0.214. The number of hydrogen-bond donors (Lipinski definition) is 1. The topological polar surface area (TPSA) is 66.8 Å². The van der Waals surface area contributed by atoms with Crippen molar-refractivity contribution in [3.05, 3.63) is 99.5 Å². The van der Waals surface area contributed by atoms with Crippen LogP contribution in [-0.2, 0) is 15.0 Å². The molecule has 3 aromatic carbocycles. The second kappa shape index (κ2) is 9.11. The molecule has 0 aromatic heterocycles. The van der Waals surface area contributed by atoms with Crippen LogP contribution in [0.3, 0.4) is 0 Å². The SMILES string of the molecule is COc1ccc(/C(O)=C2/C(=O)C(=O)N(c3ccccc3)C2c2ccc(C(C)(C)C)cc2)cc1Br. The molecule has 34 heavy (non-hydrogen) atoms. The van der Waals surface area contributed by atoms with Gasteiger partial charge in [-0.25, -0.2) is 0 Å². The zero-order chi connectivity index (χ0) is 24.6. The highest BCUT2D eigenvalue weighted by Gasteiger charge is 2.47. The molecule has 0 bridgehead atoms. The van der Waals surface area contributed by atoms with Crippen molar-refractivity contribution >= 4 is 39.1 Å². The lowest BCUT2D eigenvalue weighted by Crippen LogP contribution is -2.29. The molecule has 0 aliphatic carbocycles. The molecule has 1 aliphatic heterocycles. The van der Waals surface area contributed by atoms with Crippen molar-refractivity contribution in [2.45, 2.75) is 32.2 Å². The van der Waals surface area contributed by atoms with Gasteiger partial charge in [0.2, 0.25) is 0 Å². The number of ketones is 1. The van der Waals surface area contributed by atoms with Gasteiger partial charge in [0.05, 0.1) is 23.2 Å². The van der Waals surface area contributed by atoms with Crippen LogP contribution in [0.5, 0.6) is 5.75 Å². The van der Waals surface area contributed by atoms with Crippen LogP contribution in [0.25, 0.3) is 5.76 Å². The molecule has 1 aliphatic rings. The van der Waals surface area contributed by atoms with E-state index in [1.165, 1.54) is 4.90 Å². The normalized spacial score (nSPS) is 17.8. The number of para-hydroxylation sites is 1. The Morgan fingerprint density at radius 3 is 2.18 bits per heavy atom. The predicted molar refractivity (Wildman–Crippen MR) is 137 cm³/mol. The molecule has 1 N–H and O–H groups in total. The van der Waals surface area contributed by atoms with Crippen LogP contribution < -0.4 is 9.64 Å². The van der Waals surface area contributed by atoms with Gasteiger partial charge in [-0.3, -0.25) is 14.5 Å². The standard InChI is InChI=1S/C28H26BrNO4/c1-28(2,3)19-13-10-17(11-14-19)24-23(25(31)18-12-15-22(34-4)21(29)16-18)26(32)27(33)30(24)20-8-6-5-7-9-20/h5-16,24,31H,1-4H3/b25-23-. The molecule has 0 radical (unpaired) electrons. The third kappa shape index (κ3) is 4.26. The van der Waals surface area contributed by atoms with Crippen molar-refractivity contribution in [1.29, 1.82) is 0 Å². The Morgan fingerprint density at radius 2 is 1.62 bits per heavy atom. The molecule has 0 saturated carbocycles. The summed E-state index contributed by atoms with van der Waals surface area (Å²) in [5, 5.41) is 11.3. The number of halogens is 1. The fourth-order valence-corrected chi connectivity index (χ4v) is 4.68. The molecule has 4 rings (SSSR count). The zero-order valence-electron chi connectivity index (χ0n) is 19.5. The fourth-order valence-electron chi connectivity index (χ4n) is 4.14. The van der Waals surface area contributed by atoms with Crippen molar-refractivity contribution in [3.8, 4) is 5.75 Å². The Balaban J connectivity index is 1.92. The number of carbonyl (C=O) groups excluding carboxylic acids is 2. The van der Waals surface area contributed by atoms with Crippen LogP contribution in [0.1, 0.15) is 43.5 Å². The zero-order valence-corrected chi connectivity index (χ0v) is 21.1. The molecule has 1 amide bonds. The molecule has 1 unspecified atom stereocenters. The number of benzene rings is 3. The highest BCUT2D eigenvalue weighted by Crippen LogP contribution is 2.43. The first kappa shape index (κ1) is 23.8. The van der Waals surface area contributed by atoms with E-state index in [0.717, 1.165) is 11.1 Å². The molecule has 5 nitrogen and oxygen atoms in total. The molecule has 1 heterocycles. The van der Waals surface area contributed by atoms with Crippen molar-refractivity contribution < 1.29 is 19.4 Å². The van der Waals surface area contributed by atoms with Crippen LogP contribution in [0, 0.1) is 0 Å². The van der Waals surface area contributed by atoms with E-state index in [9.17, 15) is 14.7 Å². The summed E-state index contributed by atoms with van der Waals surface area (Å²) < 4.78 is 5.90. The number of hydrogen-bond acceptors (Lipinski definition) is 4. The van der Waals surface area contributed by atoms with Gasteiger partial charge >= 0.3 is 0 Å². The third-order valence-electron chi connectivity index (χ3n) is 6.00. The maximum absolute atomic E-state index is 13.3. The van der Waals surface area contributed by atoms with Crippen LogP contribution in [0.4, 0.5) is 5.69 Å². The van der Waals surface area contributed by atoms with E-state index in [4.69, 9.17) is 4.74 Å². The van der Waals surface area contributed by atoms with Gasteiger partial charge in [-0.1, -0.05) is 63.2 Å². The summed E-state index contributed by atoms with van der Waals surface area (Å²) in [6.45, 7) is 6.37. The molecule has 1 fully saturated rings. The van der Waals surface area contributed by atoms with Gasteiger partial charge in [0, 0.05) is 11.3 Å². The molecule has 0 spiro atoms. The van der Waals surface area contributed by atoms with Gasteiger partial charge < -0.3 is 9.84 Å². The average Bonchev–Trinajstić information content (AvgIpc) is 3.09. The second-order valence-corrected chi connectivity index (χ2v) is 10.1. The van der Waals surface area contributed by atoms with E-state index in [1.807, 2.05) is 42.5 Å². The molecule has 6 heteroatoms. The van der Waals surface area contributed by atoms with E-state index in [1.54, 1.807) is 37.4 Å². The number of carbonyl (C=O) groups is 2.